The minimum Gasteiger partial charge on any atom is -0.258 e. The number of hydrogen-bond acceptors (Lipinski definition) is 2. The quantitative estimate of drug-likeness (QED) is 0.602. The molecule has 0 amide bonds. The third-order valence-corrected chi connectivity index (χ3v) is 3.28. The highest BCUT2D eigenvalue weighted by Gasteiger charge is 2.18. The van der Waals surface area contributed by atoms with E-state index < -0.39 is 4.92 Å². The van der Waals surface area contributed by atoms with Crippen LogP contribution in [0.3, 0.4) is 0 Å². The molecule has 0 atom stereocenters. The molecule has 4 heteroatoms. The highest BCUT2D eigenvalue weighted by atomic mass is 19.1. The summed E-state index contributed by atoms with van der Waals surface area (Å²) in [5.41, 5.74) is 2.76. The molecule has 20 heavy (non-hydrogen) atoms. The molecule has 0 aromatic heterocycles. The number of nitrogens with zero attached hydrogens (tertiary/aromatic N) is 1. The fraction of sp³-hybridized carbons (Fsp3) is 0.125. The van der Waals surface area contributed by atoms with Crippen molar-refractivity contribution in [1.82, 2.24) is 0 Å². The molecular formula is C16H14FNO2. The fourth-order valence-corrected chi connectivity index (χ4v) is 2.34. The molecule has 0 radical (unpaired) electrons. The average molecular weight is 271 g/mol. The molecule has 0 saturated heterocycles. The van der Waals surface area contributed by atoms with Crippen molar-refractivity contribution in [2.75, 3.05) is 0 Å². The predicted molar refractivity (Wildman–Crippen MR) is 78.1 cm³/mol. The largest absolute Gasteiger partial charge is 0.277 e. The Morgan fingerprint density at radius 3 is 2.50 bits per heavy atom. The number of aryl methyl sites for hydroxylation is 2. The van der Waals surface area contributed by atoms with Crippen LogP contribution in [0.15, 0.2) is 36.9 Å². The number of halogens is 1. The summed E-state index contributed by atoms with van der Waals surface area (Å²) >= 11 is 0. The summed E-state index contributed by atoms with van der Waals surface area (Å²) in [6.07, 6.45) is 1.45. The van der Waals surface area contributed by atoms with Gasteiger partial charge in [-0.1, -0.05) is 30.9 Å². The first-order valence-electron chi connectivity index (χ1n) is 6.12. The number of hydrogen-bond donors (Lipinski definition) is 0. The van der Waals surface area contributed by atoms with E-state index in [0.29, 0.717) is 22.3 Å². The van der Waals surface area contributed by atoms with Crippen LogP contribution in [-0.4, -0.2) is 4.92 Å². The summed E-state index contributed by atoms with van der Waals surface area (Å²) < 4.78 is 14.0. The van der Waals surface area contributed by atoms with Gasteiger partial charge in [-0.05, 0) is 36.6 Å². The summed E-state index contributed by atoms with van der Waals surface area (Å²) in [5.74, 6) is -0.384. The molecule has 2 aromatic carbocycles. The third kappa shape index (κ3) is 2.32. The Morgan fingerprint density at radius 1 is 1.25 bits per heavy atom. The van der Waals surface area contributed by atoms with Gasteiger partial charge in [-0.15, -0.1) is 0 Å². The molecular weight excluding hydrogens is 257 g/mol. The fourth-order valence-electron chi connectivity index (χ4n) is 2.34. The van der Waals surface area contributed by atoms with E-state index in [9.17, 15) is 14.5 Å². The second-order valence-electron chi connectivity index (χ2n) is 4.62. The Balaban J connectivity index is 2.77. The number of nitro benzene ring substituents is 1. The van der Waals surface area contributed by atoms with Crippen molar-refractivity contribution in [2.45, 2.75) is 13.8 Å². The van der Waals surface area contributed by atoms with E-state index in [1.54, 1.807) is 32.0 Å². The van der Waals surface area contributed by atoms with Gasteiger partial charge in [-0.3, -0.25) is 10.1 Å². The van der Waals surface area contributed by atoms with Crippen molar-refractivity contribution in [1.29, 1.82) is 0 Å². The minimum absolute atomic E-state index is 0.0577. The van der Waals surface area contributed by atoms with Crippen LogP contribution in [0.25, 0.3) is 17.2 Å². The van der Waals surface area contributed by atoms with Gasteiger partial charge in [0, 0.05) is 11.6 Å². The Bertz CT molecular complexity index is 688. The van der Waals surface area contributed by atoms with Gasteiger partial charge in [0.15, 0.2) is 0 Å². The molecule has 0 heterocycles. The van der Waals surface area contributed by atoms with Crippen molar-refractivity contribution in [3.63, 3.8) is 0 Å². The molecule has 0 N–H and O–H groups in total. The summed E-state index contributed by atoms with van der Waals surface area (Å²) in [5, 5.41) is 11.2. The van der Waals surface area contributed by atoms with Crippen molar-refractivity contribution in [2.24, 2.45) is 0 Å². The smallest absolute Gasteiger partial charge is 0.258 e. The maximum atomic E-state index is 14.0. The molecule has 0 spiro atoms. The molecule has 0 aliphatic heterocycles. The molecule has 0 fully saturated rings. The molecule has 2 rings (SSSR count). The van der Waals surface area contributed by atoms with Gasteiger partial charge >= 0.3 is 0 Å². The van der Waals surface area contributed by atoms with Gasteiger partial charge in [-0.25, -0.2) is 4.39 Å². The Kier molecular flexibility index (Phi) is 3.66. The molecule has 102 valence electrons. The van der Waals surface area contributed by atoms with Gasteiger partial charge < -0.3 is 0 Å². The second-order valence-corrected chi connectivity index (χ2v) is 4.62. The van der Waals surface area contributed by atoms with Gasteiger partial charge in [0.05, 0.1) is 10.5 Å². The van der Waals surface area contributed by atoms with Crippen LogP contribution in [-0.2, 0) is 0 Å². The van der Waals surface area contributed by atoms with Gasteiger partial charge in [-0.2, -0.15) is 0 Å². The van der Waals surface area contributed by atoms with Gasteiger partial charge in [0.2, 0.25) is 0 Å². The summed E-state index contributed by atoms with van der Waals surface area (Å²) in [4.78, 5) is 10.7. The minimum atomic E-state index is -0.469. The van der Waals surface area contributed by atoms with Crippen LogP contribution < -0.4 is 0 Å². The number of nitro groups is 1. The lowest BCUT2D eigenvalue weighted by Crippen LogP contribution is -1.97. The predicted octanol–water partition coefficient (Wildman–Crippen LogP) is 4.66. The summed E-state index contributed by atoms with van der Waals surface area (Å²) in [6.45, 7) is 7.13. The molecule has 0 unspecified atom stereocenters. The van der Waals surface area contributed by atoms with Crippen LogP contribution in [0.1, 0.15) is 16.7 Å². The van der Waals surface area contributed by atoms with Crippen LogP contribution in [0.5, 0.6) is 0 Å². The first kappa shape index (κ1) is 13.9. The zero-order chi connectivity index (χ0) is 14.9. The highest BCUT2D eigenvalue weighted by molar-refractivity contribution is 5.76. The van der Waals surface area contributed by atoms with E-state index in [0.717, 1.165) is 5.56 Å². The molecule has 3 nitrogen and oxygen atoms in total. The van der Waals surface area contributed by atoms with E-state index in [1.807, 2.05) is 0 Å². The van der Waals surface area contributed by atoms with Crippen LogP contribution in [0.2, 0.25) is 0 Å². The average Bonchev–Trinajstić information content (AvgIpc) is 2.37. The molecule has 2 aromatic rings. The topological polar surface area (TPSA) is 43.1 Å². The lowest BCUT2D eigenvalue weighted by Gasteiger charge is -2.10. The molecule has 0 bridgehead atoms. The molecule has 0 aliphatic rings. The van der Waals surface area contributed by atoms with Crippen molar-refractivity contribution in [3.8, 4) is 11.1 Å². The van der Waals surface area contributed by atoms with Crippen LogP contribution in [0, 0.1) is 29.8 Å². The van der Waals surface area contributed by atoms with Crippen molar-refractivity contribution >= 4 is 11.8 Å². The van der Waals surface area contributed by atoms with E-state index in [4.69, 9.17) is 0 Å². The van der Waals surface area contributed by atoms with Crippen molar-refractivity contribution < 1.29 is 9.31 Å². The standard InChI is InChI=1S/C16H14FNO2/c1-4-13-11(3)8-12(9-15(13)18(19)20)16-10(2)6-5-7-14(16)17/h4-9H,1H2,2-3H3. The first-order chi connectivity index (χ1) is 9.45. The van der Waals surface area contributed by atoms with Crippen LogP contribution in [0.4, 0.5) is 10.1 Å². The number of benzene rings is 2. The summed E-state index contributed by atoms with van der Waals surface area (Å²) in [7, 11) is 0. The molecule has 0 saturated carbocycles. The van der Waals surface area contributed by atoms with Crippen LogP contribution >= 0.6 is 0 Å². The Labute approximate surface area is 116 Å². The van der Waals surface area contributed by atoms with Gasteiger partial charge in [0.25, 0.3) is 5.69 Å². The van der Waals surface area contributed by atoms with E-state index in [1.165, 1.54) is 18.2 Å². The highest BCUT2D eigenvalue weighted by Crippen LogP contribution is 2.33. The van der Waals surface area contributed by atoms with E-state index >= 15 is 0 Å². The lowest BCUT2D eigenvalue weighted by molar-refractivity contribution is -0.385. The van der Waals surface area contributed by atoms with E-state index in [2.05, 4.69) is 6.58 Å². The second kappa shape index (κ2) is 5.25. The van der Waals surface area contributed by atoms with Crippen molar-refractivity contribution in [3.05, 3.63) is 69.5 Å². The third-order valence-electron chi connectivity index (χ3n) is 3.28. The maximum absolute atomic E-state index is 14.0. The van der Waals surface area contributed by atoms with Gasteiger partial charge in [0.1, 0.15) is 5.82 Å². The normalized spacial score (nSPS) is 10.3. The Morgan fingerprint density at radius 2 is 1.95 bits per heavy atom. The maximum Gasteiger partial charge on any atom is 0.277 e. The zero-order valence-corrected chi connectivity index (χ0v) is 11.3. The monoisotopic (exact) mass is 271 g/mol. The Hall–Kier alpha value is -2.49. The number of rotatable bonds is 3. The van der Waals surface area contributed by atoms with E-state index in [-0.39, 0.29) is 11.5 Å². The zero-order valence-electron chi connectivity index (χ0n) is 11.3. The first-order valence-corrected chi connectivity index (χ1v) is 6.12. The SMILES string of the molecule is C=Cc1c(C)cc(-c2c(C)cccc2F)cc1[N+](=O)[O-]. The summed E-state index contributed by atoms with van der Waals surface area (Å²) in [6, 6.07) is 7.89. The lowest BCUT2D eigenvalue weighted by atomic mass is 9.95. The molecule has 0 aliphatic carbocycles.